The minimum Gasteiger partial charge on any atom is -0.495 e. The Labute approximate surface area is 217 Å². The Morgan fingerprint density at radius 3 is 2.62 bits per heavy atom. The molecule has 1 N–H and O–H groups in total. The van der Waals surface area contributed by atoms with Crippen molar-refractivity contribution in [3.63, 3.8) is 0 Å². The Morgan fingerprint density at radius 2 is 1.89 bits per heavy atom. The van der Waals surface area contributed by atoms with E-state index in [0.29, 0.717) is 18.7 Å². The molecule has 0 fully saturated rings. The molecule has 0 amide bonds. The Kier molecular flexibility index (Phi) is 6.28. The highest BCUT2D eigenvalue weighted by Crippen LogP contribution is 2.38. The first-order valence-corrected chi connectivity index (χ1v) is 13.4. The average molecular weight is 542 g/mol. The molecule has 0 atom stereocenters. The quantitative estimate of drug-likeness (QED) is 0.380. The van der Waals surface area contributed by atoms with Gasteiger partial charge in [0.2, 0.25) is 0 Å². The molecule has 0 saturated heterocycles. The standard InChI is InChI=1S/C25H24ClN5O5S/c1-14(32)22-23-24(28-15(2)27-22)31(25(33)29-23)19-13-21(20(36-3)12-17(19)26)37(34,35)30-11-7-6-9-16-8-4-5-10-18(16)30/h4-5,8,10,12-13H,6-7,9,11H2,1-3H3,(H,29,33). The summed E-state index contributed by atoms with van der Waals surface area (Å²) in [5.41, 5.74) is 1.28. The van der Waals surface area contributed by atoms with Crippen molar-refractivity contribution < 1.29 is 17.9 Å². The number of aryl methyl sites for hydroxylation is 2. The van der Waals surface area contributed by atoms with E-state index in [-0.39, 0.29) is 49.8 Å². The lowest BCUT2D eigenvalue weighted by Crippen LogP contribution is -2.32. The summed E-state index contributed by atoms with van der Waals surface area (Å²) in [7, 11) is -2.78. The van der Waals surface area contributed by atoms with Crippen LogP contribution in [-0.2, 0) is 16.4 Å². The van der Waals surface area contributed by atoms with Crippen molar-refractivity contribution in [1.29, 1.82) is 0 Å². The highest BCUT2D eigenvalue weighted by molar-refractivity contribution is 7.93. The summed E-state index contributed by atoms with van der Waals surface area (Å²) in [5.74, 6) is -0.0458. The molecule has 0 bridgehead atoms. The minimum atomic E-state index is -4.13. The number of ether oxygens (including phenoxy) is 1. The van der Waals surface area contributed by atoms with Gasteiger partial charge in [-0.3, -0.25) is 9.10 Å². The van der Waals surface area contributed by atoms with Crippen LogP contribution in [0.3, 0.4) is 0 Å². The van der Waals surface area contributed by atoms with Crippen LogP contribution < -0.4 is 14.7 Å². The van der Waals surface area contributed by atoms with E-state index in [1.807, 2.05) is 12.1 Å². The minimum absolute atomic E-state index is 0.0404. The number of Topliss-reactive ketones (excluding diaryl/α,β-unsaturated/α-hetero) is 1. The highest BCUT2D eigenvalue weighted by atomic mass is 35.5. The number of aromatic amines is 1. The summed E-state index contributed by atoms with van der Waals surface area (Å²) < 4.78 is 36.1. The molecule has 12 heteroatoms. The molecule has 0 unspecified atom stereocenters. The van der Waals surface area contributed by atoms with Crippen LogP contribution in [0.1, 0.15) is 41.6 Å². The summed E-state index contributed by atoms with van der Waals surface area (Å²) in [6, 6.07) is 10.1. The molecule has 192 valence electrons. The summed E-state index contributed by atoms with van der Waals surface area (Å²) in [4.78, 5) is 36.2. The second-order valence-electron chi connectivity index (χ2n) is 8.76. The normalized spacial score (nSPS) is 13.9. The molecule has 0 radical (unpaired) electrons. The third-order valence-corrected chi connectivity index (χ3v) is 8.48. The number of benzene rings is 2. The highest BCUT2D eigenvalue weighted by Gasteiger charge is 2.32. The molecule has 4 aromatic rings. The van der Waals surface area contributed by atoms with Gasteiger partial charge in [-0.1, -0.05) is 29.8 Å². The largest absolute Gasteiger partial charge is 0.495 e. The molecule has 2 aromatic carbocycles. The van der Waals surface area contributed by atoms with Crippen LogP contribution in [0.2, 0.25) is 5.02 Å². The number of fused-ring (bicyclic) bond motifs is 2. The summed E-state index contributed by atoms with van der Waals surface area (Å²) >= 11 is 6.56. The van der Waals surface area contributed by atoms with Gasteiger partial charge in [-0.25, -0.2) is 27.7 Å². The average Bonchev–Trinajstić information content (AvgIpc) is 3.03. The zero-order valence-corrected chi connectivity index (χ0v) is 22.0. The Hall–Kier alpha value is -3.70. The van der Waals surface area contributed by atoms with Gasteiger partial charge in [-0.15, -0.1) is 0 Å². The van der Waals surface area contributed by atoms with E-state index in [9.17, 15) is 18.0 Å². The molecule has 1 aliphatic rings. The number of methoxy groups -OCH3 is 1. The van der Waals surface area contributed by atoms with Crippen molar-refractivity contribution in [2.45, 2.75) is 38.0 Å². The molecular formula is C25H24ClN5O5S. The molecule has 0 aliphatic carbocycles. The summed E-state index contributed by atoms with van der Waals surface area (Å²) in [6.45, 7) is 3.22. The van der Waals surface area contributed by atoms with E-state index in [1.165, 1.54) is 30.5 Å². The Balaban J connectivity index is 1.76. The predicted molar refractivity (Wildman–Crippen MR) is 140 cm³/mol. The van der Waals surface area contributed by atoms with E-state index in [2.05, 4.69) is 15.0 Å². The van der Waals surface area contributed by atoms with Crippen molar-refractivity contribution in [3.05, 3.63) is 69.0 Å². The summed E-state index contributed by atoms with van der Waals surface area (Å²) in [6.07, 6.45) is 2.31. The first-order chi connectivity index (χ1) is 17.6. The lowest BCUT2D eigenvalue weighted by atomic mass is 10.1. The number of sulfonamides is 1. The van der Waals surface area contributed by atoms with E-state index in [4.69, 9.17) is 16.3 Å². The maximum Gasteiger partial charge on any atom is 0.332 e. The van der Waals surface area contributed by atoms with Crippen LogP contribution in [0.25, 0.3) is 16.9 Å². The van der Waals surface area contributed by atoms with Crippen LogP contribution in [0.4, 0.5) is 5.69 Å². The van der Waals surface area contributed by atoms with Crippen LogP contribution >= 0.6 is 11.6 Å². The molecule has 37 heavy (non-hydrogen) atoms. The van der Waals surface area contributed by atoms with Crippen molar-refractivity contribution in [1.82, 2.24) is 19.5 Å². The lowest BCUT2D eigenvalue weighted by Gasteiger charge is -2.26. The fourth-order valence-electron chi connectivity index (χ4n) is 4.65. The Bertz CT molecular complexity index is 1730. The van der Waals surface area contributed by atoms with Gasteiger partial charge < -0.3 is 9.72 Å². The number of nitrogens with one attached hydrogen (secondary N) is 1. The van der Waals surface area contributed by atoms with Crippen molar-refractivity contribution in [3.8, 4) is 11.4 Å². The molecule has 0 spiro atoms. The number of rotatable bonds is 5. The number of H-pyrrole nitrogens is 1. The van der Waals surface area contributed by atoms with E-state index >= 15 is 0 Å². The van der Waals surface area contributed by atoms with Gasteiger partial charge in [0.25, 0.3) is 10.0 Å². The number of imidazole rings is 1. The van der Waals surface area contributed by atoms with E-state index in [0.717, 1.165) is 23.0 Å². The lowest BCUT2D eigenvalue weighted by molar-refractivity contribution is 0.101. The predicted octanol–water partition coefficient (Wildman–Crippen LogP) is 3.81. The SMILES string of the molecule is COc1cc(Cl)c(-n2c(=O)[nH]c3c(C(C)=O)nc(C)nc32)cc1S(=O)(=O)N1CCCCc2ccccc21. The number of aromatic nitrogens is 4. The fourth-order valence-corrected chi connectivity index (χ4v) is 6.59. The number of halogens is 1. The number of carbonyl (C=O) groups excluding carboxylic acids is 1. The molecule has 2 aromatic heterocycles. The summed E-state index contributed by atoms with van der Waals surface area (Å²) in [5, 5.41) is 0.0655. The first-order valence-electron chi connectivity index (χ1n) is 11.6. The van der Waals surface area contributed by atoms with Gasteiger partial charge in [0.1, 0.15) is 27.7 Å². The zero-order chi connectivity index (χ0) is 26.5. The third-order valence-electron chi connectivity index (χ3n) is 6.34. The third kappa shape index (κ3) is 4.17. The number of carbonyl (C=O) groups is 1. The van der Waals surface area contributed by atoms with Gasteiger partial charge in [0, 0.05) is 19.5 Å². The maximum absolute atomic E-state index is 14.1. The van der Waals surface area contributed by atoms with E-state index in [1.54, 1.807) is 19.1 Å². The number of ketones is 1. The van der Waals surface area contributed by atoms with Gasteiger partial charge >= 0.3 is 5.69 Å². The zero-order valence-electron chi connectivity index (χ0n) is 20.4. The van der Waals surface area contributed by atoms with Crippen LogP contribution in [-0.4, -0.2) is 47.4 Å². The second kappa shape index (κ2) is 9.31. The van der Waals surface area contributed by atoms with Gasteiger partial charge in [0.05, 0.1) is 23.5 Å². The molecule has 3 heterocycles. The van der Waals surface area contributed by atoms with Gasteiger partial charge in [0.15, 0.2) is 11.4 Å². The number of hydrogen-bond donors (Lipinski definition) is 1. The molecule has 1 aliphatic heterocycles. The topological polar surface area (TPSA) is 127 Å². The number of nitrogens with zero attached hydrogens (tertiary/aromatic N) is 4. The molecule has 0 saturated carbocycles. The first kappa shape index (κ1) is 25.0. The second-order valence-corrected chi connectivity index (χ2v) is 11.0. The molecule has 5 rings (SSSR count). The smallest absolute Gasteiger partial charge is 0.332 e. The maximum atomic E-state index is 14.1. The number of anilines is 1. The fraction of sp³-hybridized carbons (Fsp3) is 0.280. The number of hydrogen-bond acceptors (Lipinski definition) is 7. The van der Waals surface area contributed by atoms with Crippen LogP contribution in [0.15, 0.2) is 46.1 Å². The van der Waals surface area contributed by atoms with Crippen molar-refractivity contribution in [2.24, 2.45) is 0 Å². The molecular weight excluding hydrogens is 518 g/mol. The van der Waals surface area contributed by atoms with Crippen molar-refractivity contribution in [2.75, 3.05) is 18.0 Å². The van der Waals surface area contributed by atoms with Crippen LogP contribution in [0.5, 0.6) is 5.75 Å². The number of para-hydroxylation sites is 1. The molecule has 10 nitrogen and oxygen atoms in total. The van der Waals surface area contributed by atoms with E-state index < -0.39 is 15.7 Å². The van der Waals surface area contributed by atoms with Crippen LogP contribution in [0, 0.1) is 6.92 Å². The Morgan fingerprint density at radius 1 is 1.14 bits per heavy atom. The van der Waals surface area contributed by atoms with Gasteiger partial charge in [-0.05, 0) is 43.9 Å². The van der Waals surface area contributed by atoms with Gasteiger partial charge in [-0.2, -0.15) is 0 Å². The monoisotopic (exact) mass is 541 g/mol. The van der Waals surface area contributed by atoms with Crippen molar-refractivity contribution >= 4 is 44.3 Å².